The molecular formula is C13H19ClN2O2S. The van der Waals surface area contributed by atoms with E-state index in [9.17, 15) is 4.79 Å². The zero-order valence-corrected chi connectivity index (χ0v) is 12.8. The fourth-order valence-electron chi connectivity index (χ4n) is 1.49. The number of pyridine rings is 1. The van der Waals surface area contributed by atoms with Crippen LogP contribution in [-0.2, 0) is 9.53 Å². The van der Waals surface area contributed by atoms with Gasteiger partial charge in [0.25, 0.3) is 0 Å². The summed E-state index contributed by atoms with van der Waals surface area (Å²) >= 11 is 7.37. The maximum Gasteiger partial charge on any atom is 0.322 e. The number of esters is 1. The maximum atomic E-state index is 11.6. The van der Waals surface area contributed by atoms with Crippen LogP contribution in [0.4, 0.5) is 0 Å². The lowest BCUT2D eigenvalue weighted by Gasteiger charge is -2.15. The van der Waals surface area contributed by atoms with E-state index in [1.165, 1.54) is 7.11 Å². The van der Waals surface area contributed by atoms with Crippen molar-refractivity contribution < 1.29 is 9.53 Å². The van der Waals surface area contributed by atoms with Crippen LogP contribution in [0.2, 0.25) is 5.02 Å². The molecule has 1 aromatic heterocycles. The summed E-state index contributed by atoms with van der Waals surface area (Å²) in [5.41, 5.74) is 0. The zero-order valence-electron chi connectivity index (χ0n) is 11.2. The molecule has 1 unspecified atom stereocenters. The van der Waals surface area contributed by atoms with E-state index in [-0.39, 0.29) is 12.0 Å². The molecule has 0 saturated carbocycles. The van der Waals surface area contributed by atoms with E-state index < -0.39 is 0 Å². The summed E-state index contributed by atoms with van der Waals surface area (Å²) in [6, 6.07) is 3.44. The molecule has 0 radical (unpaired) electrons. The lowest BCUT2D eigenvalue weighted by atomic mass is 10.2. The van der Waals surface area contributed by atoms with Gasteiger partial charge in [0.1, 0.15) is 6.04 Å². The molecule has 1 rings (SSSR count). The van der Waals surface area contributed by atoms with Crippen molar-refractivity contribution in [2.75, 3.05) is 19.4 Å². The normalized spacial score (nSPS) is 12.2. The van der Waals surface area contributed by atoms with Gasteiger partial charge >= 0.3 is 5.97 Å². The molecule has 0 spiro atoms. The highest BCUT2D eigenvalue weighted by atomic mass is 35.5. The van der Waals surface area contributed by atoms with Gasteiger partial charge in [-0.2, -0.15) is 0 Å². The van der Waals surface area contributed by atoms with Gasteiger partial charge in [0.15, 0.2) is 0 Å². The van der Waals surface area contributed by atoms with Crippen molar-refractivity contribution in [3.8, 4) is 0 Å². The molecular weight excluding hydrogens is 284 g/mol. The molecule has 19 heavy (non-hydrogen) atoms. The molecule has 0 amide bonds. The smallest absolute Gasteiger partial charge is 0.322 e. The Bertz CT molecular complexity index is 387. The molecule has 4 nitrogen and oxygen atoms in total. The van der Waals surface area contributed by atoms with Gasteiger partial charge in [-0.3, -0.25) is 4.79 Å². The molecule has 0 fully saturated rings. The van der Waals surface area contributed by atoms with Crippen LogP contribution < -0.4 is 5.32 Å². The Kier molecular flexibility index (Phi) is 7.86. The molecule has 0 aromatic carbocycles. The first kappa shape index (κ1) is 16.3. The van der Waals surface area contributed by atoms with Crippen molar-refractivity contribution in [1.29, 1.82) is 0 Å². The fraction of sp³-hybridized carbons (Fsp3) is 0.538. The molecule has 0 saturated heterocycles. The molecule has 0 bridgehead atoms. The van der Waals surface area contributed by atoms with Gasteiger partial charge in [-0.25, -0.2) is 4.98 Å². The first-order valence-electron chi connectivity index (χ1n) is 6.23. The second-order valence-electron chi connectivity index (χ2n) is 3.98. The van der Waals surface area contributed by atoms with Gasteiger partial charge in [0, 0.05) is 11.9 Å². The van der Waals surface area contributed by atoms with Gasteiger partial charge in [0.05, 0.1) is 17.2 Å². The van der Waals surface area contributed by atoms with Gasteiger partial charge in [-0.1, -0.05) is 18.5 Å². The Morgan fingerprint density at radius 3 is 2.95 bits per heavy atom. The number of aromatic nitrogens is 1. The predicted octanol–water partition coefficient (Wildman–Crippen LogP) is 2.76. The fourth-order valence-corrected chi connectivity index (χ4v) is 2.46. The minimum atomic E-state index is -0.246. The number of thioether (sulfide) groups is 1. The standard InChI is InChI=1S/C13H19ClN2O2S/c1-3-7-15-11(13(17)18-2)6-8-19-12-5-4-10(14)9-16-12/h4-5,9,11,15H,3,6-8H2,1-2H3. The lowest BCUT2D eigenvalue weighted by molar-refractivity contribution is -0.143. The number of carbonyl (C=O) groups excluding carboxylic acids is 1. The summed E-state index contributed by atoms with van der Waals surface area (Å²) in [4.78, 5) is 15.8. The molecule has 0 aliphatic rings. The summed E-state index contributed by atoms with van der Waals surface area (Å²) in [5, 5.41) is 4.72. The molecule has 0 aliphatic carbocycles. The molecule has 1 N–H and O–H groups in total. The van der Waals surface area contributed by atoms with Crippen molar-refractivity contribution in [3.05, 3.63) is 23.4 Å². The molecule has 1 aromatic rings. The quantitative estimate of drug-likeness (QED) is 0.591. The van der Waals surface area contributed by atoms with Crippen molar-refractivity contribution in [2.45, 2.75) is 30.8 Å². The number of nitrogens with one attached hydrogen (secondary N) is 1. The monoisotopic (exact) mass is 302 g/mol. The van der Waals surface area contributed by atoms with E-state index in [4.69, 9.17) is 16.3 Å². The van der Waals surface area contributed by atoms with Crippen molar-refractivity contribution in [2.24, 2.45) is 0 Å². The van der Waals surface area contributed by atoms with Crippen LogP contribution in [0, 0.1) is 0 Å². The Morgan fingerprint density at radius 2 is 2.37 bits per heavy atom. The summed E-state index contributed by atoms with van der Waals surface area (Å²) < 4.78 is 4.78. The van der Waals surface area contributed by atoms with Crippen LogP contribution in [0.5, 0.6) is 0 Å². The first-order valence-corrected chi connectivity index (χ1v) is 7.59. The van der Waals surface area contributed by atoms with E-state index in [2.05, 4.69) is 17.2 Å². The van der Waals surface area contributed by atoms with Crippen LogP contribution >= 0.6 is 23.4 Å². The maximum absolute atomic E-state index is 11.6. The second-order valence-corrected chi connectivity index (χ2v) is 5.53. The third kappa shape index (κ3) is 6.27. The Balaban J connectivity index is 2.38. The van der Waals surface area contributed by atoms with Crippen LogP contribution in [0.1, 0.15) is 19.8 Å². The van der Waals surface area contributed by atoms with Crippen LogP contribution in [-0.4, -0.2) is 36.4 Å². The minimum Gasteiger partial charge on any atom is -0.468 e. The highest BCUT2D eigenvalue weighted by molar-refractivity contribution is 7.99. The van der Waals surface area contributed by atoms with E-state index in [0.717, 1.165) is 23.7 Å². The summed E-state index contributed by atoms with van der Waals surface area (Å²) in [6.45, 7) is 2.87. The average molecular weight is 303 g/mol. The topological polar surface area (TPSA) is 51.2 Å². The predicted molar refractivity (Wildman–Crippen MR) is 78.7 cm³/mol. The number of halogens is 1. The van der Waals surface area contributed by atoms with E-state index in [1.54, 1.807) is 18.0 Å². The number of hydrogen-bond donors (Lipinski definition) is 1. The third-order valence-electron chi connectivity index (χ3n) is 2.48. The summed E-state index contributed by atoms with van der Waals surface area (Å²) in [5.74, 6) is 0.587. The number of rotatable bonds is 8. The second kappa shape index (κ2) is 9.18. The highest BCUT2D eigenvalue weighted by Gasteiger charge is 2.17. The first-order chi connectivity index (χ1) is 9.17. The van der Waals surface area contributed by atoms with Gasteiger partial charge < -0.3 is 10.1 Å². The highest BCUT2D eigenvalue weighted by Crippen LogP contribution is 2.18. The summed E-state index contributed by atoms with van der Waals surface area (Å²) in [6.07, 6.45) is 3.32. The number of ether oxygens (including phenoxy) is 1. The van der Waals surface area contributed by atoms with Crippen LogP contribution in [0.3, 0.4) is 0 Å². The van der Waals surface area contributed by atoms with E-state index in [1.807, 2.05) is 12.1 Å². The molecule has 6 heteroatoms. The number of hydrogen-bond acceptors (Lipinski definition) is 5. The van der Waals surface area contributed by atoms with E-state index in [0.29, 0.717) is 11.4 Å². The van der Waals surface area contributed by atoms with Crippen molar-refractivity contribution in [3.63, 3.8) is 0 Å². The van der Waals surface area contributed by atoms with Gasteiger partial charge in [-0.05, 0) is 31.5 Å². The summed E-state index contributed by atoms with van der Waals surface area (Å²) in [7, 11) is 1.41. The largest absolute Gasteiger partial charge is 0.468 e. The SMILES string of the molecule is CCCNC(CCSc1ccc(Cl)cn1)C(=O)OC. The van der Waals surface area contributed by atoms with E-state index >= 15 is 0 Å². The van der Waals surface area contributed by atoms with Crippen LogP contribution in [0.15, 0.2) is 23.4 Å². The van der Waals surface area contributed by atoms with Crippen LogP contribution in [0.25, 0.3) is 0 Å². The van der Waals surface area contributed by atoms with Gasteiger partial charge in [0.2, 0.25) is 0 Å². The molecule has 106 valence electrons. The lowest BCUT2D eigenvalue weighted by Crippen LogP contribution is -2.38. The Hall–Kier alpha value is -0.780. The van der Waals surface area contributed by atoms with Crippen molar-refractivity contribution in [1.82, 2.24) is 10.3 Å². The van der Waals surface area contributed by atoms with Crippen molar-refractivity contribution >= 4 is 29.3 Å². The minimum absolute atomic E-state index is 0.210. The number of carbonyl (C=O) groups is 1. The number of methoxy groups -OCH3 is 1. The zero-order chi connectivity index (χ0) is 14.1. The third-order valence-corrected chi connectivity index (χ3v) is 3.68. The van der Waals surface area contributed by atoms with Gasteiger partial charge in [-0.15, -0.1) is 11.8 Å². The number of nitrogens with zero attached hydrogens (tertiary/aromatic N) is 1. The molecule has 0 aliphatic heterocycles. The molecule has 1 atom stereocenters. The Labute approximate surface area is 123 Å². The molecule has 1 heterocycles. The Morgan fingerprint density at radius 1 is 1.58 bits per heavy atom. The average Bonchev–Trinajstić information content (AvgIpc) is 2.43.